The molecule has 1 atom stereocenters. The molecule has 0 saturated heterocycles. The number of hydrogen-bond acceptors (Lipinski definition) is 4. The summed E-state index contributed by atoms with van der Waals surface area (Å²) < 4.78 is 22.5. The molecule has 1 unspecified atom stereocenters. The van der Waals surface area contributed by atoms with E-state index in [9.17, 15) is 9.36 Å². The second-order valence-corrected chi connectivity index (χ2v) is 10.2. The Balaban J connectivity index is 4.33. The van der Waals surface area contributed by atoms with Crippen LogP contribution in [0.3, 0.4) is 0 Å². The first-order chi connectivity index (χ1) is 7.61. The third-order valence-electron chi connectivity index (χ3n) is 1.83. The predicted molar refractivity (Wildman–Crippen MR) is 66.0 cm³/mol. The van der Waals surface area contributed by atoms with E-state index in [2.05, 4.69) is 6.92 Å². The maximum atomic E-state index is 12.2. The summed E-state index contributed by atoms with van der Waals surface area (Å²) in [7, 11) is 0. The summed E-state index contributed by atoms with van der Waals surface area (Å²) in [5, 5.41) is 0. The third kappa shape index (κ3) is 6.82. The molecule has 0 aliphatic heterocycles. The van der Waals surface area contributed by atoms with Gasteiger partial charge in [0.05, 0.1) is 0 Å². The van der Waals surface area contributed by atoms with E-state index >= 15 is 0 Å². The molecule has 16 heavy (non-hydrogen) atoms. The zero-order valence-corrected chi connectivity index (χ0v) is 12.8. The van der Waals surface area contributed by atoms with Crippen LogP contribution in [-0.4, -0.2) is 34.0 Å². The molecule has 0 aromatic heterocycles. The first-order valence-electron chi connectivity index (χ1n) is 5.64. The van der Waals surface area contributed by atoms with Crippen LogP contribution in [0.4, 0.5) is 0 Å². The van der Waals surface area contributed by atoms with E-state index in [1.165, 1.54) is 0 Å². The van der Waals surface area contributed by atoms with Crippen molar-refractivity contribution in [2.75, 3.05) is 13.2 Å². The Bertz CT molecular complexity index is 225. The van der Waals surface area contributed by atoms with Crippen molar-refractivity contribution in [3.05, 3.63) is 0 Å². The van der Waals surface area contributed by atoms with E-state index in [1.54, 1.807) is 13.8 Å². The van der Waals surface area contributed by atoms with Crippen molar-refractivity contribution in [2.45, 2.75) is 44.9 Å². The van der Waals surface area contributed by atoms with Gasteiger partial charge in [-0.25, -0.2) is 0 Å². The van der Waals surface area contributed by atoms with Gasteiger partial charge in [0, 0.05) is 0 Å². The molecule has 0 fully saturated rings. The molecule has 0 radical (unpaired) electrons. The second-order valence-electron chi connectivity index (χ2n) is 3.20. The number of hydrogen-bond donors (Lipinski definition) is 0. The van der Waals surface area contributed by atoms with Crippen molar-refractivity contribution >= 4 is 27.1 Å². The molecule has 0 rings (SSSR count). The van der Waals surface area contributed by atoms with Gasteiger partial charge >= 0.3 is 104 Å². The fourth-order valence-electron chi connectivity index (χ4n) is 1.13. The van der Waals surface area contributed by atoms with Crippen LogP contribution in [0.1, 0.15) is 40.0 Å². The van der Waals surface area contributed by atoms with Crippen molar-refractivity contribution in [1.29, 1.82) is 0 Å². The molecule has 0 aliphatic rings. The van der Waals surface area contributed by atoms with Gasteiger partial charge in [-0.1, -0.05) is 0 Å². The van der Waals surface area contributed by atoms with Crippen LogP contribution in [0.15, 0.2) is 0 Å². The summed E-state index contributed by atoms with van der Waals surface area (Å²) in [6, 6.07) is 0. The van der Waals surface area contributed by atoms with Crippen molar-refractivity contribution in [3.8, 4) is 0 Å². The molecular weight excluding hydrogens is 294 g/mol. The molecule has 0 N–H and O–H groups in total. The maximum absolute atomic E-state index is 12.2. The Hall–Kier alpha value is 0.339. The number of aldehydes is 1. The van der Waals surface area contributed by atoms with Crippen molar-refractivity contribution in [3.63, 3.8) is 0 Å². The van der Waals surface area contributed by atoms with E-state index in [4.69, 9.17) is 9.05 Å². The van der Waals surface area contributed by atoms with Crippen LogP contribution in [0.2, 0.25) is 4.82 Å². The molecule has 0 bridgehead atoms. The fourth-order valence-corrected chi connectivity index (χ4v) is 7.95. The molecule has 96 valence electrons. The summed E-state index contributed by atoms with van der Waals surface area (Å²) in [4.78, 5) is 10.7. The summed E-state index contributed by atoms with van der Waals surface area (Å²) in [5.41, 5.74) is 0. The number of carbonyl (C=O) groups excluding carboxylic acids is 1. The van der Waals surface area contributed by atoms with Crippen molar-refractivity contribution in [2.24, 2.45) is 0 Å². The number of rotatable bonds is 10. The first kappa shape index (κ1) is 16.3. The molecule has 0 heterocycles. The molecule has 6 heteroatoms. The van der Waals surface area contributed by atoms with Crippen LogP contribution >= 0.6 is 6.29 Å². The van der Waals surface area contributed by atoms with Crippen LogP contribution < -0.4 is 0 Å². The molecule has 0 aromatic carbocycles. The van der Waals surface area contributed by atoms with E-state index in [1.807, 2.05) is 0 Å². The Morgan fingerprint density at radius 2 is 1.81 bits per heavy atom. The minimum absolute atomic E-state index is 0.156. The summed E-state index contributed by atoms with van der Waals surface area (Å²) in [5.74, 6) is 0. The van der Waals surface area contributed by atoms with Crippen LogP contribution in [0, 0.1) is 0 Å². The normalized spacial score (nSPS) is 13.7. The van der Waals surface area contributed by atoms with Crippen LogP contribution in [-0.2, 0) is 18.4 Å². The number of carbonyl (C=O) groups is 1. The van der Waals surface area contributed by atoms with Gasteiger partial charge in [-0.05, 0) is 0 Å². The molecule has 0 aliphatic carbocycles. The monoisotopic (exact) mass is 316 g/mol. The molecule has 0 amide bonds. The predicted octanol–water partition coefficient (Wildman–Crippen LogP) is 3.05. The van der Waals surface area contributed by atoms with Gasteiger partial charge in [0.25, 0.3) is 0 Å². The molecule has 4 nitrogen and oxygen atoms in total. The quantitative estimate of drug-likeness (QED) is 0.353. The summed E-state index contributed by atoms with van der Waals surface area (Å²) in [6.07, 6.45) is 0.681. The average molecular weight is 315 g/mol. The van der Waals surface area contributed by atoms with Crippen LogP contribution in [0.5, 0.6) is 0 Å². The molecule has 0 saturated carbocycles. The third-order valence-corrected chi connectivity index (χ3v) is 8.89. The average Bonchev–Trinajstić information content (AvgIpc) is 2.25. The van der Waals surface area contributed by atoms with E-state index in [0.29, 0.717) is 13.2 Å². The van der Waals surface area contributed by atoms with Gasteiger partial charge in [0.15, 0.2) is 0 Å². The van der Waals surface area contributed by atoms with E-state index < -0.39 is 20.8 Å². The summed E-state index contributed by atoms with van der Waals surface area (Å²) in [6.45, 7) is 6.35. The van der Waals surface area contributed by atoms with Crippen molar-refractivity contribution in [1.82, 2.24) is 0 Å². The number of unbranched alkanes of at least 4 members (excludes halogenated alkanes) is 1. The Morgan fingerprint density at radius 1 is 1.25 bits per heavy atom. The van der Waals surface area contributed by atoms with Gasteiger partial charge in [0.2, 0.25) is 0 Å². The molecule has 0 spiro atoms. The van der Waals surface area contributed by atoms with E-state index in [-0.39, 0.29) is 4.82 Å². The van der Waals surface area contributed by atoms with Gasteiger partial charge < -0.3 is 0 Å². The topological polar surface area (TPSA) is 52.6 Å². The Labute approximate surface area is 104 Å². The van der Waals surface area contributed by atoms with Crippen molar-refractivity contribution < 1.29 is 18.4 Å². The van der Waals surface area contributed by atoms with Gasteiger partial charge in [-0.2, -0.15) is 0 Å². The zero-order chi connectivity index (χ0) is 12.4. The van der Waals surface area contributed by atoms with Crippen LogP contribution in [0.25, 0.3) is 0 Å². The summed E-state index contributed by atoms with van der Waals surface area (Å²) >= 11 is -0.407. The standard InChI is InChI=1S/C10H21O4PSe/c1-4-7-8-10(9-11)16-15(12,13-5-2)14-6-3/h9-10H,4-8H2,1-3H3. The van der Waals surface area contributed by atoms with Gasteiger partial charge in [-0.15, -0.1) is 0 Å². The van der Waals surface area contributed by atoms with Gasteiger partial charge in [0.1, 0.15) is 0 Å². The Kier molecular flexibility index (Phi) is 9.58. The SMILES string of the molecule is CCCCC(C=O)[Se]P(=O)(OCC)OCC. The fraction of sp³-hybridized carbons (Fsp3) is 0.900. The zero-order valence-electron chi connectivity index (χ0n) is 10.2. The molecule has 0 aromatic rings. The second kappa shape index (κ2) is 9.38. The van der Waals surface area contributed by atoms with E-state index in [0.717, 1.165) is 25.5 Å². The minimum atomic E-state index is -3.00. The Morgan fingerprint density at radius 3 is 2.19 bits per heavy atom. The molecular formula is C10H21O4PSe. The van der Waals surface area contributed by atoms with Gasteiger partial charge in [-0.3, -0.25) is 0 Å². The first-order valence-corrected chi connectivity index (χ1v) is 10.4.